The second kappa shape index (κ2) is 7.84. The molecule has 0 radical (unpaired) electrons. The number of para-hydroxylation sites is 1. The number of H-pyrrole nitrogens is 1. The topological polar surface area (TPSA) is 110 Å². The number of carbonyl (C=O) groups excluding carboxylic acids is 1. The Hall–Kier alpha value is -2.12. The Morgan fingerprint density at radius 1 is 1.24 bits per heavy atom. The van der Waals surface area contributed by atoms with Crippen LogP contribution in [0.15, 0.2) is 33.9 Å². The number of benzene rings is 1. The van der Waals surface area contributed by atoms with Crippen LogP contribution in [0.25, 0.3) is 10.9 Å². The number of aromatic amines is 1. The van der Waals surface area contributed by atoms with Gasteiger partial charge in [-0.1, -0.05) is 25.0 Å². The maximum absolute atomic E-state index is 12.3. The highest BCUT2D eigenvalue weighted by Gasteiger charge is 2.33. The predicted octanol–water partition coefficient (Wildman–Crippen LogP) is 0.889. The molecule has 8 heteroatoms. The number of aryl methyl sites for hydroxylation is 1. The van der Waals surface area contributed by atoms with Gasteiger partial charge in [-0.2, -0.15) is 0 Å². The summed E-state index contributed by atoms with van der Waals surface area (Å²) in [4.78, 5) is 38.5. The predicted molar refractivity (Wildman–Crippen MR) is 99.1 cm³/mol. The number of nitrogens with two attached hydrogens (primary N) is 1. The van der Waals surface area contributed by atoms with E-state index in [1.54, 1.807) is 24.3 Å². The lowest BCUT2D eigenvalue weighted by atomic mass is 9.97. The molecule has 7 nitrogen and oxygen atoms in total. The first-order valence-electron chi connectivity index (χ1n) is 8.28. The Morgan fingerprint density at radius 2 is 1.92 bits per heavy atom. The van der Waals surface area contributed by atoms with Crippen LogP contribution in [0.1, 0.15) is 32.1 Å². The molecule has 1 aromatic carbocycles. The normalized spacial score (nSPS) is 15.7. The second-order valence-electron chi connectivity index (χ2n) is 6.42. The third-order valence-electron chi connectivity index (χ3n) is 4.82. The van der Waals surface area contributed by atoms with Gasteiger partial charge in [0.2, 0.25) is 5.91 Å². The summed E-state index contributed by atoms with van der Waals surface area (Å²) in [7, 11) is 0. The molecule has 1 fully saturated rings. The van der Waals surface area contributed by atoms with Crippen LogP contribution in [0, 0.1) is 0 Å². The van der Waals surface area contributed by atoms with Crippen molar-refractivity contribution in [3.05, 3.63) is 45.1 Å². The van der Waals surface area contributed by atoms with Gasteiger partial charge >= 0.3 is 5.69 Å². The van der Waals surface area contributed by atoms with E-state index in [-0.39, 0.29) is 36.8 Å². The number of aromatic nitrogens is 2. The van der Waals surface area contributed by atoms with E-state index in [2.05, 4.69) is 10.3 Å². The molecule has 3 rings (SSSR count). The number of halogens is 1. The van der Waals surface area contributed by atoms with Gasteiger partial charge in [-0.15, -0.1) is 12.4 Å². The molecule has 1 heterocycles. The van der Waals surface area contributed by atoms with Gasteiger partial charge in [-0.25, -0.2) is 4.79 Å². The van der Waals surface area contributed by atoms with Crippen molar-refractivity contribution in [2.75, 3.05) is 6.54 Å². The zero-order valence-corrected chi connectivity index (χ0v) is 14.7. The van der Waals surface area contributed by atoms with Crippen LogP contribution in [-0.2, 0) is 11.3 Å². The van der Waals surface area contributed by atoms with Crippen LogP contribution in [0.5, 0.6) is 0 Å². The quantitative estimate of drug-likeness (QED) is 0.729. The number of nitrogens with one attached hydrogen (secondary N) is 2. The summed E-state index contributed by atoms with van der Waals surface area (Å²) < 4.78 is 1.43. The fourth-order valence-corrected chi connectivity index (χ4v) is 3.47. The second-order valence-corrected chi connectivity index (χ2v) is 6.42. The summed E-state index contributed by atoms with van der Waals surface area (Å²) in [5.74, 6) is -0.121. The van der Waals surface area contributed by atoms with Crippen molar-refractivity contribution in [1.29, 1.82) is 0 Å². The Balaban J connectivity index is 0.00000225. The summed E-state index contributed by atoms with van der Waals surface area (Å²) in [6.45, 7) is 0.642. The molecule has 1 saturated carbocycles. The van der Waals surface area contributed by atoms with E-state index >= 15 is 0 Å². The van der Waals surface area contributed by atoms with Gasteiger partial charge in [-0.3, -0.25) is 19.1 Å². The zero-order chi connectivity index (χ0) is 17.2. The molecule has 1 aliphatic carbocycles. The molecule has 1 aliphatic rings. The van der Waals surface area contributed by atoms with E-state index in [1.807, 2.05) is 0 Å². The molecule has 0 unspecified atom stereocenters. The molecule has 4 N–H and O–H groups in total. The van der Waals surface area contributed by atoms with Crippen LogP contribution in [0.3, 0.4) is 0 Å². The summed E-state index contributed by atoms with van der Waals surface area (Å²) in [6, 6.07) is 6.87. The lowest BCUT2D eigenvalue weighted by Crippen LogP contribution is -2.51. The van der Waals surface area contributed by atoms with Gasteiger partial charge in [0.1, 0.15) is 0 Å². The number of hydrogen-bond donors (Lipinski definition) is 3. The van der Waals surface area contributed by atoms with Crippen LogP contribution in [-0.4, -0.2) is 27.5 Å². The van der Waals surface area contributed by atoms with E-state index in [9.17, 15) is 14.4 Å². The molecular weight excluding hydrogens is 344 g/mol. The first-order chi connectivity index (χ1) is 11.5. The largest absolute Gasteiger partial charge is 0.349 e. The molecule has 0 bridgehead atoms. The number of rotatable bonds is 5. The number of nitrogens with zero attached hydrogens (tertiary/aromatic N) is 1. The first kappa shape index (κ1) is 19.2. The highest BCUT2D eigenvalue weighted by Crippen LogP contribution is 2.28. The van der Waals surface area contributed by atoms with Crippen LogP contribution >= 0.6 is 12.4 Å². The Kier molecular flexibility index (Phi) is 6.02. The van der Waals surface area contributed by atoms with Crippen molar-refractivity contribution in [2.45, 2.75) is 44.2 Å². The van der Waals surface area contributed by atoms with Crippen LogP contribution in [0.2, 0.25) is 0 Å². The average molecular weight is 367 g/mol. The third-order valence-corrected chi connectivity index (χ3v) is 4.82. The van der Waals surface area contributed by atoms with Crippen molar-refractivity contribution in [1.82, 2.24) is 14.9 Å². The molecule has 0 saturated heterocycles. The fraction of sp³-hybridized carbons (Fsp3) is 0.471. The SMILES string of the molecule is Cl.NCC1(NC(=O)CCn2c(=O)[nH]c(=O)c3ccccc32)CCCC1. The first-order valence-corrected chi connectivity index (χ1v) is 8.28. The van der Waals surface area contributed by atoms with Gasteiger partial charge < -0.3 is 11.1 Å². The number of fused-ring (bicyclic) bond motifs is 1. The van der Waals surface area contributed by atoms with Gasteiger partial charge in [0, 0.05) is 19.5 Å². The monoisotopic (exact) mass is 366 g/mol. The minimum Gasteiger partial charge on any atom is -0.349 e. The van der Waals surface area contributed by atoms with Crippen molar-refractivity contribution >= 4 is 29.2 Å². The summed E-state index contributed by atoms with van der Waals surface area (Å²) in [5, 5.41) is 3.48. The van der Waals surface area contributed by atoms with Crippen molar-refractivity contribution in [2.24, 2.45) is 5.73 Å². The maximum atomic E-state index is 12.3. The molecule has 0 spiro atoms. The molecular formula is C17H23ClN4O3. The Morgan fingerprint density at radius 3 is 2.60 bits per heavy atom. The van der Waals surface area contributed by atoms with E-state index in [4.69, 9.17) is 5.73 Å². The minimum absolute atomic E-state index is 0. The summed E-state index contributed by atoms with van der Waals surface area (Å²) in [5.41, 5.74) is 5.16. The van der Waals surface area contributed by atoms with Crippen LogP contribution < -0.4 is 22.3 Å². The highest BCUT2D eigenvalue weighted by atomic mass is 35.5. The summed E-state index contributed by atoms with van der Waals surface area (Å²) in [6.07, 6.45) is 4.11. The van der Waals surface area contributed by atoms with E-state index in [1.165, 1.54) is 4.57 Å². The molecule has 1 aromatic heterocycles. The molecule has 0 atom stereocenters. The Labute approximate surface area is 151 Å². The average Bonchev–Trinajstić information content (AvgIpc) is 3.03. The van der Waals surface area contributed by atoms with Crippen molar-refractivity contribution < 1.29 is 4.79 Å². The fourth-order valence-electron chi connectivity index (χ4n) is 3.47. The molecule has 0 aliphatic heterocycles. The minimum atomic E-state index is -0.499. The molecule has 136 valence electrons. The zero-order valence-electron chi connectivity index (χ0n) is 13.9. The Bertz CT molecular complexity index is 868. The molecule has 1 amide bonds. The maximum Gasteiger partial charge on any atom is 0.328 e. The van der Waals surface area contributed by atoms with Crippen molar-refractivity contribution in [3.8, 4) is 0 Å². The van der Waals surface area contributed by atoms with E-state index in [0.717, 1.165) is 25.7 Å². The van der Waals surface area contributed by atoms with Gasteiger partial charge in [0.25, 0.3) is 5.56 Å². The number of carbonyl (C=O) groups is 1. The van der Waals surface area contributed by atoms with E-state index < -0.39 is 11.2 Å². The lowest BCUT2D eigenvalue weighted by molar-refractivity contribution is -0.123. The molecule has 2 aromatic rings. The van der Waals surface area contributed by atoms with Crippen LogP contribution in [0.4, 0.5) is 0 Å². The highest BCUT2D eigenvalue weighted by molar-refractivity contribution is 5.85. The standard InChI is InChI=1S/C17H22N4O3.ClH/c18-11-17(8-3-4-9-17)20-14(22)7-10-21-13-6-2-1-5-12(13)15(23)19-16(21)24;/h1-2,5-6H,3-4,7-11,18H2,(H,20,22)(H,19,23,24);1H. The van der Waals surface area contributed by atoms with Gasteiger partial charge in [0.05, 0.1) is 16.4 Å². The van der Waals surface area contributed by atoms with E-state index in [0.29, 0.717) is 17.4 Å². The van der Waals surface area contributed by atoms with Gasteiger partial charge in [-0.05, 0) is 25.0 Å². The number of hydrogen-bond acceptors (Lipinski definition) is 4. The van der Waals surface area contributed by atoms with Crippen molar-refractivity contribution in [3.63, 3.8) is 0 Å². The third kappa shape index (κ3) is 3.93. The van der Waals surface area contributed by atoms with Gasteiger partial charge in [0.15, 0.2) is 0 Å². The summed E-state index contributed by atoms with van der Waals surface area (Å²) >= 11 is 0. The smallest absolute Gasteiger partial charge is 0.328 e. The lowest BCUT2D eigenvalue weighted by Gasteiger charge is -2.28. The number of amides is 1. The molecule has 25 heavy (non-hydrogen) atoms.